The van der Waals surface area contributed by atoms with E-state index in [0.29, 0.717) is 5.92 Å². The minimum atomic E-state index is -0.141. The van der Waals surface area contributed by atoms with E-state index in [9.17, 15) is 0 Å². The number of para-hydroxylation sites is 2. The van der Waals surface area contributed by atoms with E-state index in [2.05, 4.69) is 147 Å². The minimum absolute atomic E-state index is 0.141. The van der Waals surface area contributed by atoms with Crippen LogP contribution in [-0.4, -0.2) is 4.57 Å². The van der Waals surface area contributed by atoms with Gasteiger partial charge in [-0.05, 0) is 78.6 Å². The molecule has 5 aromatic rings. The van der Waals surface area contributed by atoms with Crippen LogP contribution in [0.5, 0.6) is 0 Å². The Bertz CT molecular complexity index is 1870. The van der Waals surface area contributed by atoms with Gasteiger partial charge in [0, 0.05) is 27.7 Å². The zero-order chi connectivity index (χ0) is 28.1. The van der Waals surface area contributed by atoms with Crippen molar-refractivity contribution < 1.29 is 0 Å². The minimum Gasteiger partial charge on any atom is -0.331 e. The quantitative estimate of drug-likeness (QED) is 0.217. The van der Waals surface area contributed by atoms with Gasteiger partial charge in [-0.15, -0.1) is 0 Å². The Morgan fingerprint density at radius 1 is 0.854 bits per heavy atom. The molecule has 0 N–H and O–H groups in total. The molecule has 0 saturated heterocycles. The molecule has 2 aliphatic carbocycles. The van der Waals surface area contributed by atoms with E-state index in [1.807, 2.05) is 0 Å². The van der Waals surface area contributed by atoms with Gasteiger partial charge < -0.3 is 4.57 Å². The molecule has 0 bridgehead atoms. The summed E-state index contributed by atoms with van der Waals surface area (Å²) in [5.74, 6) is 0.329. The fourth-order valence-corrected chi connectivity index (χ4v) is 7.39. The van der Waals surface area contributed by atoms with E-state index in [-0.39, 0.29) is 5.54 Å². The number of aromatic nitrogens is 1. The molecule has 1 heteroatoms. The zero-order valence-electron chi connectivity index (χ0n) is 24.3. The molecule has 0 fully saturated rings. The van der Waals surface area contributed by atoms with Crippen LogP contribution in [0, 0.1) is 6.92 Å². The van der Waals surface area contributed by atoms with Crippen molar-refractivity contribution in [1.29, 1.82) is 0 Å². The van der Waals surface area contributed by atoms with Crippen molar-refractivity contribution in [3.05, 3.63) is 161 Å². The molecule has 2 aliphatic rings. The van der Waals surface area contributed by atoms with Gasteiger partial charge in [0.05, 0.1) is 5.54 Å². The number of benzene rings is 4. The van der Waals surface area contributed by atoms with E-state index in [0.717, 1.165) is 19.3 Å². The molecule has 0 spiro atoms. The summed E-state index contributed by atoms with van der Waals surface area (Å²) in [5.41, 5.74) is 13.5. The standard InChI is InChI=1S/C40H37N/c1-27-23-32-14-5-6-16-33(32)29(3)37(24-27)34-19-11-15-31(28(34)2)25-30-13-12-22-40(4,26-30)41-38-20-9-7-17-35(38)36-18-8-10-21-39(36)41/h5-22,24,29H,1,23,25-26H2,2-4H3. The Morgan fingerprint density at radius 2 is 1.54 bits per heavy atom. The third-order valence-electron chi connectivity index (χ3n) is 9.40. The van der Waals surface area contributed by atoms with Crippen LogP contribution in [0.1, 0.15) is 54.0 Å². The maximum absolute atomic E-state index is 4.42. The summed E-state index contributed by atoms with van der Waals surface area (Å²) in [6.07, 6.45) is 12.2. The van der Waals surface area contributed by atoms with Crippen molar-refractivity contribution in [2.45, 2.75) is 51.5 Å². The molecular weight excluding hydrogens is 494 g/mol. The summed E-state index contributed by atoms with van der Waals surface area (Å²) >= 11 is 0. The SMILES string of the molecule is C=C1C=C(c2cccc(CC3=CC=CC(C)(n4c5ccccc5c5ccccc54)C3)c2C)C(C)c2ccccc2C1. The van der Waals surface area contributed by atoms with Crippen LogP contribution in [0.2, 0.25) is 0 Å². The molecule has 41 heavy (non-hydrogen) atoms. The lowest BCUT2D eigenvalue weighted by atomic mass is 9.81. The second-order valence-corrected chi connectivity index (χ2v) is 12.2. The summed E-state index contributed by atoms with van der Waals surface area (Å²) in [7, 11) is 0. The predicted molar refractivity (Wildman–Crippen MR) is 175 cm³/mol. The Balaban J connectivity index is 1.23. The van der Waals surface area contributed by atoms with Crippen LogP contribution in [0.15, 0.2) is 133 Å². The van der Waals surface area contributed by atoms with Gasteiger partial charge in [0.1, 0.15) is 0 Å². The first kappa shape index (κ1) is 25.6. The number of rotatable bonds is 4. The lowest BCUT2D eigenvalue weighted by molar-refractivity contribution is 0.423. The van der Waals surface area contributed by atoms with Gasteiger partial charge >= 0.3 is 0 Å². The molecule has 2 unspecified atom stereocenters. The molecule has 0 amide bonds. The summed E-state index contributed by atoms with van der Waals surface area (Å²) < 4.78 is 2.56. The highest BCUT2D eigenvalue weighted by Crippen LogP contribution is 2.42. The lowest BCUT2D eigenvalue weighted by Gasteiger charge is -2.34. The van der Waals surface area contributed by atoms with Crippen LogP contribution in [0.4, 0.5) is 0 Å². The first-order valence-electron chi connectivity index (χ1n) is 14.8. The summed E-state index contributed by atoms with van der Waals surface area (Å²) in [6.45, 7) is 11.5. The van der Waals surface area contributed by atoms with E-state index >= 15 is 0 Å². The normalized spacial score (nSPS) is 20.6. The molecule has 1 heterocycles. The van der Waals surface area contributed by atoms with Crippen LogP contribution in [0.25, 0.3) is 27.4 Å². The summed E-state index contributed by atoms with van der Waals surface area (Å²) in [5, 5.41) is 2.65. The van der Waals surface area contributed by atoms with Crippen LogP contribution >= 0.6 is 0 Å². The van der Waals surface area contributed by atoms with Gasteiger partial charge in [-0.1, -0.05) is 128 Å². The smallest absolute Gasteiger partial charge is 0.0646 e. The summed E-state index contributed by atoms with van der Waals surface area (Å²) in [4.78, 5) is 0. The number of allylic oxidation sites excluding steroid dienone is 7. The third-order valence-corrected chi connectivity index (χ3v) is 9.40. The van der Waals surface area contributed by atoms with Crippen molar-refractivity contribution in [3.63, 3.8) is 0 Å². The number of hydrogen-bond donors (Lipinski definition) is 0. The maximum Gasteiger partial charge on any atom is 0.0646 e. The average molecular weight is 532 g/mol. The van der Waals surface area contributed by atoms with Crippen LogP contribution in [-0.2, 0) is 18.4 Å². The molecule has 0 aliphatic heterocycles. The highest BCUT2D eigenvalue weighted by molar-refractivity contribution is 6.08. The van der Waals surface area contributed by atoms with Crippen LogP contribution in [0.3, 0.4) is 0 Å². The maximum atomic E-state index is 4.42. The highest BCUT2D eigenvalue weighted by Gasteiger charge is 2.30. The largest absolute Gasteiger partial charge is 0.331 e. The Hall–Kier alpha value is -4.36. The van der Waals surface area contributed by atoms with Gasteiger partial charge in [-0.2, -0.15) is 0 Å². The number of fused-ring (bicyclic) bond motifs is 4. The second-order valence-electron chi connectivity index (χ2n) is 12.2. The molecule has 7 rings (SSSR count). The highest BCUT2D eigenvalue weighted by atomic mass is 15.1. The lowest BCUT2D eigenvalue weighted by Crippen LogP contribution is -2.30. The predicted octanol–water partition coefficient (Wildman–Crippen LogP) is 10.2. The average Bonchev–Trinajstić information content (AvgIpc) is 3.26. The Labute approximate surface area is 243 Å². The molecule has 4 aromatic carbocycles. The molecule has 202 valence electrons. The van der Waals surface area contributed by atoms with Gasteiger partial charge in [0.25, 0.3) is 0 Å². The molecule has 1 nitrogen and oxygen atoms in total. The monoisotopic (exact) mass is 531 g/mol. The van der Waals surface area contributed by atoms with Gasteiger partial charge in [0.15, 0.2) is 0 Å². The molecular formula is C40H37N. The van der Waals surface area contributed by atoms with Crippen molar-refractivity contribution in [2.75, 3.05) is 0 Å². The number of nitrogens with zero attached hydrogens (tertiary/aromatic N) is 1. The van der Waals surface area contributed by atoms with Crippen LogP contribution < -0.4 is 0 Å². The van der Waals surface area contributed by atoms with Crippen molar-refractivity contribution in [3.8, 4) is 0 Å². The third kappa shape index (κ3) is 4.32. The topological polar surface area (TPSA) is 4.93 Å². The molecule has 0 saturated carbocycles. The fourth-order valence-electron chi connectivity index (χ4n) is 7.39. The van der Waals surface area contributed by atoms with E-state index in [1.165, 1.54) is 66.3 Å². The molecule has 2 atom stereocenters. The van der Waals surface area contributed by atoms with E-state index < -0.39 is 0 Å². The number of hydrogen-bond acceptors (Lipinski definition) is 0. The Morgan fingerprint density at radius 3 is 2.29 bits per heavy atom. The van der Waals surface area contributed by atoms with Gasteiger partial charge in [0.2, 0.25) is 0 Å². The van der Waals surface area contributed by atoms with Crippen molar-refractivity contribution in [2.24, 2.45) is 0 Å². The zero-order valence-corrected chi connectivity index (χ0v) is 24.3. The molecule has 1 aromatic heterocycles. The Kier molecular flexibility index (Phi) is 6.20. The fraction of sp³-hybridized carbons (Fsp3) is 0.200. The first-order chi connectivity index (χ1) is 19.9. The second kappa shape index (κ2) is 9.93. The van der Waals surface area contributed by atoms with E-state index in [4.69, 9.17) is 0 Å². The van der Waals surface area contributed by atoms with Crippen molar-refractivity contribution in [1.82, 2.24) is 4.57 Å². The first-order valence-corrected chi connectivity index (χ1v) is 14.8. The van der Waals surface area contributed by atoms with Gasteiger partial charge in [-0.25, -0.2) is 0 Å². The van der Waals surface area contributed by atoms with Crippen molar-refractivity contribution >= 4 is 27.4 Å². The molecule has 0 radical (unpaired) electrons. The van der Waals surface area contributed by atoms with E-state index in [1.54, 1.807) is 0 Å². The summed E-state index contributed by atoms with van der Waals surface area (Å²) in [6, 6.07) is 33.4. The van der Waals surface area contributed by atoms with Gasteiger partial charge in [-0.3, -0.25) is 0 Å².